The van der Waals surface area contributed by atoms with E-state index in [1.165, 1.54) is 18.2 Å². The molecule has 7 nitrogen and oxygen atoms in total. The molecule has 4 rings (SSSR count). The first-order valence-electron chi connectivity index (χ1n) is 10.1. The highest BCUT2D eigenvalue weighted by molar-refractivity contribution is 6.28. The van der Waals surface area contributed by atoms with Gasteiger partial charge in [-0.2, -0.15) is 0 Å². The van der Waals surface area contributed by atoms with Crippen molar-refractivity contribution in [2.75, 3.05) is 6.61 Å². The number of hydrogen-bond acceptors (Lipinski definition) is 5. The van der Waals surface area contributed by atoms with Crippen molar-refractivity contribution in [3.05, 3.63) is 106 Å². The van der Waals surface area contributed by atoms with Crippen LogP contribution in [0.3, 0.4) is 0 Å². The van der Waals surface area contributed by atoms with Crippen molar-refractivity contribution in [3.63, 3.8) is 0 Å². The third kappa shape index (κ3) is 4.06. The Morgan fingerprint density at radius 1 is 0.781 bits per heavy atom. The maximum atomic E-state index is 12.8. The van der Waals surface area contributed by atoms with E-state index in [4.69, 9.17) is 0 Å². The fraction of sp³-hybridized carbons (Fsp3) is 0.120. The second-order valence-electron chi connectivity index (χ2n) is 7.38. The molecule has 1 aliphatic carbocycles. The predicted octanol–water partition coefficient (Wildman–Crippen LogP) is 1.87. The van der Waals surface area contributed by atoms with Crippen LogP contribution >= 0.6 is 0 Å². The number of carbonyl (C=O) groups excluding carboxylic acids is 4. The predicted molar refractivity (Wildman–Crippen MR) is 116 cm³/mol. The van der Waals surface area contributed by atoms with Crippen molar-refractivity contribution < 1.29 is 24.3 Å². The van der Waals surface area contributed by atoms with Crippen molar-refractivity contribution in [1.82, 2.24) is 10.6 Å². The normalized spacial score (nSPS) is 13.0. The van der Waals surface area contributed by atoms with E-state index in [1.807, 2.05) is 30.3 Å². The molecule has 3 N–H and O–H groups in total. The molecule has 0 unspecified atom stereocenters. The minimum Gasteiger partial charge on any atom is -0.394 e. The van der Waals surface area contributed by atoms with Gasteiger partial charge in [-0.05, 0) is 23.8 Å². The Morgan fingerprint density at radius 3 is 2.03 bits per heavy atom. The van der Waals surface area contributed by atoms with Crippen LogP contribution in [-0.2, 0) is 11.3 Å². The average molecular weight is 428 g/mol. The number of rotatable bonds is 6. The SMILES string of the molecule is O=C(N[C@@H](CO)C(=O)NCc1ccccc1)c1ccc2c(c1)C(=O)c1ccccc1C2=O. The van der Waals surface area contributed by atoms with Crippen molar-refractivity contribution in [2.24, 2.45) is 0 Å². The number of fused-ring (bicyclic) bond motifs is 2. The van der Waals surface area contributed by atoms with Gasteiger partial charge in [0.2, 0.25) is 5.91 Å². The molecular weight excluding hydrogens is 408 g/mol. The molecule has 0 fully saturated rings. The van der Waals surface area contributed by atoms with Crippen LogP contribution in [0, 0.1) is 0 Å². The highest BCUT2D eigenvalue weighted by atomic mass is 16.3. The zero-order valence-electron chi connectivity index (χ0n) is 17.0. The first kappa shape index (κ1) is 21.1. The third-order valence-corrected chi connectivity index (χ3v) is 5.30. The van der Waals surface area contributed by atoms with Crippen LogP contribution in [0.5, 0.6) is 0 Å². The van der Waals surface area contributed by atoms with Crippen LogP contribution in [-0.4, -0.2) is 41.1 Å². The van der Waals surface area contributed by atoms with Gasteiger partial charge in [-0.25, -0.2) is 0 Å². The molecule has 0 aromatic heterocycles. The highest BCUT2D eigenvalue weighted by Crippen LogP contribution is 2.27. The topological polar surface area (TPSA) is 113 Å². The van der Waals surface area contributed by atoms with Crippen LogP contribution < -0.4 is 10.6 Å². The number of nitrogens with one attached hydrogen (secondary N) is 2. The van der Waals surface area contributed by atoms with E-state index in [-0.39, 0.29) is 40.4 Å². The number of hydrogen-bond donors (Lipinski definition) is 3. The van der Waals surface area contributed by atoms with E-state index in [0.29, 0.717) is 5.56 Å². The summed E-state index contributed by atoms with van der Waals surface area (Å²) in [6.07, 6.45) is 0. The first-order valence-corrected chi connectivity index (χ1v) is 10.1. The average Bonchev–Trinajstić information content (AvgIpc) is 2.84. The molecule has 0 saturated carbocycles. The molecule has 0 heterocycles. The molecule has 3 aromatic rings. The summed E-state index contributed by atoms with van der Waals surface area (Å²) in [5, 5.41) is 14.7. The molecule has 0 spiro atoms. The Hall–Kier alpha value is -4.10. The number of aliphatic hydroxyl groups is 1. The lowest BCUT2D eigenvalue weighted by atomic mass is 9.83. The van der Waals surface area contributed by atoms with Gasteiger partial charge in [0.05, 0.1) is 6.61 Å². The summed E-state index contributed by atoms with van der Waals surface area (Å²) < 4.78 is 0. The standard InChI is InChI=1S/C25H20N2O5/c28-14-21(25(32)26-13-15-6-2-1-3-7-15)27-24(31)16-10-11-19-20(12-16)23(30)18-9-5-4-8-17(18)22(19)29/h1-12,21,28H,13-14H2,(H,26,32)(H,27,31)/t21-/m0/s1. The zero-order valence-corrected chi connectivity index (χ0v) is 17.0. The van der Waals surface area contributed by atoms with Gasteiger partial charge < -0.3 is 15.7 Å². The lowest BCUT2D eigenvalue weighted by Gasteiger charge is -2.19. The molecule has 0 aliphatic heterocycles. The van der Waals surface area contributed by atoms with E-state index in [1.54, 1.807) is 24.3 Å². The molecule has 1 aliphatic rings. The van der Waals surface area contributed by atoms with Crippen molar-refractivity contribution >= 4 is 23.4 Å². The van der Waals surface area contributed by atoms with Crippen LogP contribution in [0.2, 0.25) is 0 Å². The molecule has 0 saturated heterocycles. The van der Waals surface area contributed by atoms with Crippen molar-refractivity contribution in [2.45, 2.75) is 12.6 Å². The number of benzene rings is 3. The smallest absolute Gasteiger partial charge is 0.252 e. The molecule has 160 valence electrons. The molecule has 3 aromatic carbocycles. The number of carbonyl (C=O) groups is 4. The maximum Gasteiger partial charge on any atom is 0.252 e. The Morgan fingerprint density at radius 2 is 1.38 bits per heavy atom. The van der Waals surface area contributed by atoms with Gasteiger partial charge in [0.15, 0.2) is 11.6 Å². The molecule has 2 amide bonds. The van der Waals surface area contributed by atoms with Gasteiger partial charge in [-0.1, -0.05) is 54.6 Å². The van der Waals surface area contributed by atoms with Gasteiger partial charge in [0.1, 0.15) is 6.04 Å². The fourth-order valence-corrected chi connectivity index (χ4v) is 3.58. The molecule has 32 heavy (non-hydrogen) atoms. The monoisotopic (exact) mass is 428 g/mol. The number of ketones is 2. The van der Waals surface area contributed by atoms with Crippen LogP contribution in [0.25, 0.3) is 0 Å². The van der Waals surface area contributed by atoms with Gasteiger partial charge in [0, 0.05) is 34.4 Å². The van der Waals surface area contributed by atoms with Crippen LogP contribution in [0.15, 0.2) is 72.8 Å². The zero-order chi connectivity index (χ0) is 22.7. The minimum atomic E-state index is -1.17. The van der Waals surface area contributed by atoms with E-state index in [2.05, 4.69) is 10.6 Å². The minimum absolute atomic E-state index is 0.110. The molecule has 0 bridgehead atoms. The molecule has 0 radical (unpaired) electrons. The molecule has 7 heteroatoms. The Kier molecular flexibility index (Phi) is 5.91. The summed E-state index contributed by atoms with van der Waals surface area (Å²) in [6, 6.07) is 18.8. The Bertz CT molecular complexity index is 1220. The maximum absolute atomic E-state index is 12.8. The first-order chi connectivity index (χ1) is 15.5. The van der Waals surface area contributed by atoms with Crippen LogP contribution in [0.1, 0.15) is 47.8 Å². The second-order valence-corrected chi connectivity index (χ2v) is 7.38. The van der Waals surface area contributed by atoms with E-state index in [9.17, 15) is 24.3 Å². The Labute approximate surface area is 184 Å². The third-order valence-electron chi connectivity index (χ3n) is 5.30. The lowest BCUT2D eigenvalue weighted by molar-refractivity contribution is -0.124. The number of amides is 2. The highest BCUT2D eigenvalue weighted by Gasteiger charge is 2.30. The summed E-state index contributed by atoms with van der Waals surface area (Å²) in [7, 11) is 0. The van der Waals surface area contributed by atoms with Gasteiger partial charge in [-0.15, -0.1) is 0 Å². The summed E-state index contributed by atoms with van der Waals surface area (Å²) in [4.78, 5) is 50.7. The summed E-state index contributed by atoms with van der Waals surface area (Å²) >= 11 is 0. The quantitative estimate of drug-likeness (QED) is 0.434. The van der Waals surface area contributed by atoms with E-state index >= 15 is 0 Å². The summed E-state index contributed by atoms with van der Waals surface area (Å²) in [5.74, 6) is -1.80. The number of aliphatic hydroxyl groups excluding tert-OH is 1. The van der Waals surface area contributed by atoms with Crippen molar-refractivity contribution in [1.29, 1.82) is 0 Å². The van der Waals surface area contributed by atoms with E-state index in [0.717, 1.165) is 5.56 Å². The van der Waals surface area contributed by atoms with Gasteiger partial charge in [-0.3, -0.25) is 19.2 Å². The van der Waals surface area contributed by atoms with Crippen molar-refractivity contribution in [3.8, 4) is 0 Å². The Balaban J connectivity index is 1.49. The second kappa shape index (κ2) is 8.95. The molecular formula is C25H20N2O5. The molecule has 1 atom stereocenters. The lowest BCUT2D eigenvalue weighted by Crippen LogP contribution is -2.48. The summed E-state index contributed by atoms with van der Waals surface area (Å²) in [6.45, 7) is -0.344. The van der Waals surface area contributed by atoms with Gasteiger partial charge in [0.25, 0.3) is 5.91 Å². The van der Waals surface area contributed by atoms with Crippen LogP contribution in [0.4, 0.5) is 0 Å². The fourth-order valence-electron chi connectivity index (χ4n) is 3.58. The van der Waals surface area contributed by atoms with Gasteiger partial charge >= 0.3 is 0 Å². The summed E-state index contributed by atoms with van der Waals surface area (Å²) in [5.41, 5.74) is 1.97. The van der Waals surface area contributed by atoms with E-state index < -0.39 is 24.5 Å². The largest absolute Gasteiger partial charge is 0.394 e.